The van der Waals surface area contributed by atoms with E-state index in [1.807, 2.05) is 0 Å². The maximum Gasteiger partial charge on any atom is 0.277 e. The lowest BCUT2D eigenvalue weighted by Crippen LogP contribution is -2.09. The fraction of sp³-hybridized carbons (Fsp3) is 0.333. The third-order valence-corrected chi connectivity index (χ3v) is 1.66. The summed E-state index contributed by atoms with van der Waals surface area (Å²) in [6.07, 6.45) is 0. The van der Waals surface area contributed by atoms with Crippen LogP contribution in [0.3, 0.4) is 0 Å². The van der Waals surface area contributed by atoms with Gasteiger partial charge in [-0.15, -0.1) is 0 Å². The average molecular weight is 188 g/mol. The number of benzene rings is 1. The predicted octanol–water partition coefficient (Wildman–Crippen LogP) is 2.51. The summed E-state index contributed by atoms with van der Waals surface area (Å²) in [5.74, 6) is -3.56. The fourth-order valence-corrected chi connectivity index (χ4v) is 1.13. The SMILES string of the molecule is COc1cccc(O)c1C(C)(F)F. The minimum absolute atomic E-state index is 0.00694. The molecule has 0 fully saturated rings. The maximum absolute atomic E-state index is 12.9. The summed E-state index contributed by atoms with van der Waals surface area (Å²) in [5.41, 5.74) is -0.475. The number of aromatic hydroxyl groups is 1. The van der Waals surface area contributed by atoms with Crippen LogP contribution >= 0.6 is 0 Å². The first-order valence-corrected chi connectivity index (χ1v) is 3.71. The highest BCUT2D eigenvalue weighted by Gasteiger charge is 2.31. The molecule has 0 aromatic heterocycles. The Bertz CT molecular complexity index is 305. The highest BCUT2D eigenvalue weighted by atomic mass is 19.3. The molecule has 0 saturated heterocycles. The van der Waals surface area contributed by atoms with Gasteiger partial charge in [-0.3, -0.25) is 0 Å². The van der Waals surface area contributed by atoms with Crippen molar-refractivity contribution in [2.45, 2.75) is 12.8 Å². The lowest BCUT2D eigenvalue weighted by molar-refractivity contribution is 0.0127. The van der Waals surface area contributed by atoms with Gasteiger partial charge in [0, 0.05) is 6.92 Å². The number of hydrogen-bond donors (Lipinski definition) is 1. The van der Waals surface area contributed by atoms with Crippen LogP contribution in [-0.2, 0) is 5.92 Å². The van der Waals surface area contributed by atoms with Gasteiger partial charge in [0.25, 0.3) is 5.92 Å². The predicted molar refractivity (Wildman–Crippen MR) is 44.2 cm³/mol. The number of phenolic OH excluding ortho intramolecular Hbond substituents is 1. The molecule has 1 N–H and O–H groups in total. The highest BCUT2D eigenvalue weighted by molar-refractivity contribution is 5.46. The highest BCUT2D eigenvalue weighted by Crippen LogP contribution is 2.40. The lowest BCUT2D eigenvalue weighted by atomic mass is 10.1. The zero-order valence-electron chi connectivity index (χ0n) is 7.34. The zero-order chi connectivity index (χ0) is 10.1. The van der Waals surface area contributed by atoms with Crippen molar-refractivity contribution < 1.29 is 18.6 Å². The summed E-state index contributed by atoms with van der Waals surface area (Å²) in [6.45, 7) is 0.713. The van der Waals surface area contributed by atoms with Crippen LogP contribution < -0.4 is 4.74 Å². The summed E-state index contributed by atoms with van der Waals surface area (Å²) in [4.78, 5) is 0. The Morgan fingerprint density at radius 1 is 1.38 bits per heavy atom. The molecule has 4 heteroatoms. The molecule has 0 aliphatic rings. The third kappa shape index (κ3) is 1.88. The molecule has 0 amide bonds. The van der Waals surface area contributed by atoms with Crippen LogP contribution in [0.2, 0.25) is 0 Å². The van der Waals surface area contributed by atoms with E-state index in [-0.39, 0.29) is 5.75 Å². The number of alkyl halides is 2. The van der Waals surface area contributed by atoms with E-state index >= 15 is 0 Å². The molecule has 1 aromatic rings. The van der Waals surface area contributed by atoms with Gasteiger partial charge >= 0.3 is 0 Å². The summed E-state index contributed by atoms with van der Waals surface area (Å²) in [6, 6.07) is 4.03. The van der Waals surface area contributed by atoms with Crippen LogP contribution in [0.4, 0.5) is 8.78 Å². The molecular formula is C9H10F2O2. The van der Waals surface area contributed by atoms with Gasteiger partial charge in [-0.1, -0.05) is 6.07 Å². The van der Waals surface area contributed by atoms with Crippen LogP contribution in [0.5, 0.6) is 11.5 Å². The van der Waals surface area contributed by atoms with E-state index in [2.05, 4.69) is 0 Å². The Hall–Kier alpha value is -1.32. The Morgan fingerprint density at radius 2 is 2.00 bits per heavy atom. The Morgan fingerprint density at radius 3 is 2.38 bits per heavy atom. The average Bonchev–Trinajstić information content (AvgIpc) is 2.01. The van der Waals surface area contributed by atoms with Gasteiger partial charge in [-0.25, -0.2) is 8.78 Å². The van der Waals surface area contributed by atoms with Crippen molar-refractivity contribution in [2.24, 2.45) is 0 Å². The van der Waals surface area contributed by atoms with E-state index in [0.717, 1.165) is 0 Å². The van der Waals surface area contributed by atoms with Gasteiger partial charge in [-0.2, -0.15) is 0 Å². The fourth-order valence-electron chi connectivity index (χ4n) is 1.13. The lowest BCUT2D eigenvalue weighted by Gasteiger charge is -2.15. The molecular weight excluding hydrogens is 178 g/mol. The first-order valence-electron chi connectivity index (χ1n) is 3.71. The van der Waals surface area contributed by atoms with Crippen molar-refractivity contribution in [1.82, 2.24) is 0 Å². The van der Waals surface area contributed by atoms with Gasteiger partial charge < -0.3 is 9.84 Å². The second kappa shape index (κ2) is 3.20. The number of phenols is 1. The third-order valence-electron chi connectivity index (χ3n) is 1.66. The largest absolute Gasteiger partial charge is 0.507 e. The molecule has 0 saturated carbocycles. The topological polar surface area (TPSA) is 29.5 Å². The molecule has 0 heterocycles. The smallest absolute Gasteiger partial charge is 0.277 e. The molecule has 1 aromatic carbocycles. The molecule has 0 spiro atoms. The monoisotopic (exact) mass is 188 g/mol. The van der Waals surface area contributed by atoms with Gasteiger partial charge in [0.2, 0.25) is 0 Å². The molecule has 0 aliphatic carbocycles. The number of hydrogen-bond acceptors (Lipinski definition) is 2. The van der Waals surface area contributed by atoms with Crippen molar-refractivity contribution in [3.8, 4) is 11.5 Å². The van der Waals surface area contributed by atoms with Gasteiger partial charge in [0.05, 0.1) is 7.11 Å². The van der Waals surface area contributed by atoms with E-state index in [1.54, 1.807) is 0 Å². The van der Waals surface area contributed by atoms with Crippen LogP contribution in [0.15, 0.2) is 18.2 Å². The second-order valence-corrected chi connectivity index (χ2v) is 2.74. The molecule has 0 radical (unpaired) electrons. The zero-order valence-corrected chi connectivity index (χ0v) is 7.34. The van der Waals surface area contributed by atoms with Crippen molar-refractivity contribution >= 4 is 0 Å². The van der Waals surface area contributed by atoms with Crippen molar-refractivity contribution in [1.29, 1.82) is 0 Å². The normalized spacial score (nSPS) is 11.4. The van der Waals surface area contributed by atoms with Gasteiger partial charge in [0.1, 0.15) is 17.1 Å². The first kappa shape index (κ1) is 9.77. The quantitative estimate of drug-likeness (QED) is 0.772. The molecule has 72 valence electrons. The van der Waals surface area contributed by atoms with E-state index in [1.165, 1.54) is 25.3 Å². The number of ether oxygens (including phenoxy) is 1. The Labute approximate surface area is 74.8 Å². The molecule has 0 unspecified atom stereocenters. The van der Waals surface area contributed by atoms with Crippen molar-refractivity contribution in [3.63, 3.8) is 0 Å². The first-order chi connectivity index (χ1) is 5.96. The minimum Gasteiger partial charge on any atom is -0.507 e. The number of rotatable bonds is 2. The summed E-state index contributed by atoms with van der Waals surface area (Å²) >= 11 is 0. The summed E-state index contributed by atoms with van der Waals surface area (Å²) in [7, 11) is 1.28. The molecule has 1 rings (SSSR count). The molecule has 0 atom stereocenters. The summed E-state index contributed by atoms with van der Waals surface area (Å²) < 4.78 is 30.6. The van der Waals surface area contributed by atoms with Crippen LogP contribution in [-0.4, -0.2) is 12.2 Å². The standard InChI is InChI=1S/C9H10F2O2/c1-9(10,11)8-6(12)4-3-5-7(8)13-2/h3-5,12H,1-2H3. The van der Waals surface area contributed by atoms with Crippen molar-refractivity contribution in [2.75, 3.05) is 7.11 Å². The van der Waals surface area contributed by atoms with E-state index in [0.29, 0.717) is 6.92 Å². The van der Waals surface area contributed by atoms with Crippen LogP contribution in [0, 0.1) is 0 Å². The molecule has 0 aliphatic heterocycles. The van der Waals surface area contributed by atoms with E-state index < -0.39 is 17.2 Å². The molecule has 0 bridgehead atoms. The van der Waals surface area contributed by atoms with Gasteiger partial charge in [-0.05, 0) is 12.1 Å². The number of methoxy groups -OCH3 is 1. The van der Waals surface area contributed by atoms with E-state index in [4.69, 9.17) is 4.74 Å². The number of halogens is 2. The Kier molecular flexibility index (Phi) is 2.40. The van der Waals surface area contributed by atoms with Crippen LogP contribution in [0.1, 0.15) is 12.5 Å². The van der Waals surface area contributed by atoms with Crippen LogP contribution in [0.25, 0.3) is 0 Å². The summed E-state index contributed by atoms with van der Waals surface area (Å²) in [5, 5.41) is 9.20. The Balaban J connectivity index is 3.32. The molecule has 2 nitrogen and oxygen atoms in total. The minimum atomic E-state index is -3.10. The van der Waals surface area contributed by atoms with E-state index in [9.17, 15) is 13.9 Å². The maximum atomic E-state index is 12.9. The van der Waals surface area contributed by atoms with Gasteiger partial charge in [0.15, 0.2) is 0 Å². The van der Waals surface area contributed by atoms with Crippen molar-refractivity contribution in [3.05, 3.63) is 23.8 Å². The molecule has 13 heavy (non-hydrogen) atoms. The second-order valence-electron chi connectivity index (χ2n) is 2.74.